The lowest BCUT2D eigenvalue weighted by Crippen LogP contribution is -2.42. The fourth-order valence-corrected chi connectivity index (χ4v) is 2.69. The summed E-state index contributed by atoms with van der Waals surface area (Å²) in [6.07, 6.45) is 3.90. The van der Waals surface area contributed by atoms with E-state index >= 15 is 0 Å². The molecule has 96 valence electrons. The third-order valence-corrected chi connectivity index (χ3v) is 3.83. The predicted molar refractivity (Wildman–Crippen MR) is 64.5 cm³/mol. The Morgan fingerprint density at radius 2 is 2.11 bits per heavy atom. The van der Waals surface area contributed by atoms with Gasteiger partial charge in [-0.25, -0.2) is 15.0 Å². The summed E-state index contributed by atoms with van der Waals surface area (Å²) < 4.78 is 1.92. The number of anilines is 1. The first kappa shape index (κ1) is 11.4. The maximum atomic E-state index is 9.38. The molecule has 2 aromatic rings. The van der Waals surface area contributed by atoms with E-state index in [0.29, 0.717) is 17.0 Å². The van der Waals surface area contributed by atoms with Crippen LogP contribution in [0.3, 0.4) is 0 Å². The highest BCUT2D eigenvalue weighted by molar-refractivity contribution is 5.81. The summed E-state index contributed by atoms with van der Waals surface area (Å²) in [4.78, 5) is 12.3. The number of fused-ring (bicyclic) bond motifs is 1. The third kappa shape index (κ3) is 1.48. The number of aromatic nitrogens is 4. The Labute approximate surface area is 103 Å². The number of imidazole rings is 1. The minimum absolute atomic E-state index is 0.0450. The molecule has 1 aliphatic rings. The minimum atomic E-state index is 0.0450. The molecule has 7 nitrogen and oxygen atoms in total. The third-order valence-electron chi connectivity index (χ3n) is 3.83. The fraction of sp³-hybridized carbons (Fsp3) is 0.545. The van der Waals surface area contributed by atoms with Crippen LogP contribution in [0.4, 0.5) is 5.82 Å². The van der Waals surface area contributed by atoms with Gasteiger partial charge in [0.05, 0.1) is 6.33 Å². The molecule has 1 fully saturated rings. The van der Waals surface area contributed by atoms with Crippen LogP contribution >= 0.6 is 0 Å². The smallest absolute Gasteiger partial charge is 0.165 e. The molecule has 3 atom stereocenters. The first-order valence-corrected chi connectivity index (χ1v) is 5.91. The Hall–Kier alpha value is -1.73. The molecule has 0 saturated heterocycles. The molecule has 2 aromatic heterocycles. The SMILES string of the molecule is Nc1ncnc2c1ncn2[C@H]1C[C@H](CO)[C@H]1CO. The zero-order valence-electron chi connectivity index (χ0n) is 9.77. The summed E-state index contributed by atoms with van der Waals surface area (Å²) >= 11 is 0. The summed E-state index contributed by atoms with van der Waals surface area (Å²) in [5.74, 6) is 0.553. The highest BCUT2D eigenvalue weighted by Gasteiger charge is 2.41. The largest absolute Gasteiger partial charge is 0.396 e. The number of nitrogen functional groups attached to an aromatic ring is 1. The van der Waals surface area contributed by atoms with Gasteiger partial charge in [-0.15, -0.1) is 0 Å². The number of hydrogen-bond donors (Lipinski definition) is 3. The lowest BCUT2D eigenvalue weighted by Gasteiger charge is -2.43. The minimum Gasteiger partial charge on any atom is -0.396 e. The first-order chi connectivity index (χ1) is 8.76. The fourth-order valence-electron chi connectivity index (χ4n) is 2.69. The number of nitrogens with two attached hydrogens (primary N) is 1. The molecule has 0 unspecified atom stereocenters. The maximum absolute atomic E-state index is 9.38. The standard InChI is InChI=1S/C11H15N5O2/c12-10-9-11(14-4-13-10)16(5-15-9)8-1-6(2-17)7(8)3-18/h4-8,17-18H,1-3H2,(H2,12,13,14)/t6-,7-,8+/m1/s1. The summed E-state index contributed by atoms with van der Waals surface area (Å²) in [6.45, 7) is 0.154. The summed E-state index contributed by atoms with van der Waals surface area (Å²) in [7, 11) is 0. The first-order valence-electron chi connectivity index (χ1n) is 5.91. The topological polar surface area (TPSA) is 110 Å². The summed E-state index contributed by atoms with van der Waals surface area (Å²) in [5, 5.41) is 18.6. The molecular weight excluding hydrogens is 234 g/mol. The maximum Gasteiger partial charge on any atom is 0.165 e. The monoisotopic (exact) mass is 249 g/mol. The quantitative estimate of drug-likeness (QED) is 0.681. The second kappa shape index (κ2) is 4.18. The zero-order valence-corrected chi connectivity index (χ0v) is 9.77. The molecule has 0 bridgehead atoms. The van der Waals surface area contributed by atoms with Crippen molar-refractivity contribution in [1.29, 1.82) is 0 Å². The van der Waals surface area contributed by atoms with Crippen LogP contribution in [0.1, 0.15) is 12.5 Å². The van der Waals surface area contributed by atoms with Gasteiger partial charge in [0.1, 0.15) is 11.8 Å². The molecule has 0 spiro atoms. The molecule has 7 heteroatoms. The van der Waals surface area contributed by atoms with Crippen molar-refractivity contribution in [3.8, 4) is 0 Å². The van der Waals surface area contributed by atoms with Crippen LogP contribution in [-0.4, -0.2) is 42.9 Å². The van der Waals surface area contributed by atoms with Gasteiger partial charge < -0.3 is 20.5 Å². The molecule has 1 saturated carbocycles. The lowest BCUT2D eigenvalue weighted by atomic mass is 9.70. The van der Waals surface area contributed by atoms with Gasteiger partial charge in [0.25, 0.3) is 0 Å². The molecule has 4 N–H and O–H groups in total. The van der Waals surface area contributed by atoms with Crippen molar-refractivity contribution in [2.24, 2.45) is 11.8 Å². The second-order valence-electron chi connectivity index (χ2n) is 4.68. The van der Waals surface area contributed by atoms with E-state index in [2.05, 4.69) is 15.0 Å². The number of hydrogen-bond acceptors (Lipinski definition) is 6. The van der Waals surface area contributed by atoms with E-state index in [0.717, 1.165) is 6.42 Å². The van der Waals surface area contributed by atoms with Crippen LogP contribution in [0.2, 0.25) is 0 Å². The van der Waals surface area contributed by atoms with Crippen LogP contribution in [0.25, 0.3) is 11.2 Å². The van der Waals surface area contributed by atoms with Crippen LogP contribution in [0, 0.1) is 11.8 Å². The Morgan fingerprint density at radius 3 is 2.83 bits per heavy atom. The number of rotatable bonds is 3. The van der Waals surface area contributed by atoms with E-state index in [-0.39, 0.29) is 31.1 Å². The van der Waals surface area contributed by atoms with Gasteiger partial charge in [-0.3, -0.25) is 0 Å². The highest BCUT2D eigenvalue weighted by Crippen LogP contribution is 2.44. The highest BCUT2D eigenvalue weighted by atomic mass is 16.3. The van der Waals surface area contributed by atoms with E-state index in [1.54, 1.807) is 6.33 Å². The summed E-state index contributed by atoms with van der Waals surface area (Å²) in [5.41, 5.74) is 7.00. The Kier molecular flexibility index (Phi) is 2.64. The van der Waals surface area contributed by atoms with Gasteiger partial charge in [-0.2, -0.15) is 0 Å². The van der Waals surface area contributed by atoms with Crippen LogP contribution in [0.15, 0.2) is 12.7 Å². The van der Waals surface area contributed by atoms with Crippen molar-refractivity contribution in [3.05, 3.63) is 12.7 Å². The molecule has 3 rings (SSSR count). The van der Waals surface area contributed by atoms with Crippen molar-refractivity contribution in [3.63, 3.8) is 0 Å². The van der Waals surface area contributed by atoms with Crippen molar-refractivity contribution in [2.75, 3.05) is 18.9 Å². The van der Waals surface area contributed by atoms with Gasteiger partial charge in [0.2, 0.25) is 0 Å². The average molecular weight is 249 g/mol. The molecule has 0 radical (unpaired) electrons. The van der Waals surface area contributed by atoms with Gasteiger partial charge in [0.15, 0.2) is 11.5 Å². The molecule has 0 amide bonds. The van der Waals surface area contributed by atoms with Crippen molar-refractivity contribution in [2.45, 2.75) is 12.5 Å². The van der Waals surface area contributed by atoms with Gasteiger partial charge in [-0.1, -0.05) is 0 Å². The van der Waals surface area contributed by atoms with Gasteiger partial charge >= 0.3 is 0 Å². The molecule has 0 aromatic carbocycles. The molecule has 2 heterocycles. The van der Waals surface area contributed by atoms with Gasteiger partial charge in [0, 0.05) is 25.2 Å². The van der Waals surface area contributed by atoms with Gasteiger partial charge in [-0.05, 0) is 12.3 Å². The van der Waals surface area contributed by atoms with Crippen molar-refractivity contribution in [1.82, 2.24) is 19.5 Å². The second-order valence-corrected chi connectivity index (χ2v) is 4.68. The lowest BCUT2D eigenvalue weighted by molar-refractivity contribution is -0.00529. The zero-order chi connectivity index (χ0) is 12.7. The number of nitrogens with zero attached hydrogens (tertiary/aromatic N) is 4. The molecule has 1 aliphatic carbocycles. The molecular formula is C11H15N5O2. The Bertz CT molecular complexity index is 570. The Balaban J connectivity index is 1.99. The van der Waals surface area contributed by atoms with E-state index in [1.807, 2.05) is 4.57 Å². The predicted octanol–water partition coefficient (Wildman–Crippen LogP) is -0.430. The normalized spacial score (nSPS) is 27.3. The average Bonchev–Trinajstić information content (AvgIpc) is 2.75. The van der Waals surface area contributed by atoms with Crippen LogP contribution in [0.5, 0.6) is 0 Å². The number of aliphatic hydroxyl groups is 2. The van der Waals surface area contributed by atoms with E-state index in [9.17, 15) is 10.2 Å². The van der Waals surface area contributed by atoms with Crippen LogP contribution < -0.4 is 5.73 Å². The van der Waals surface area contributed by atoms with Crippen LogP contribution in [-0.2, 0) is 0 Å². The van der Waals surface area contributed by atoms with E-state index in [4.69, 9.17) is 5.73 Å². The number of aliphatic hydroxyl groups excluding tert-OH is 2. The Morgan fingerprint density at radius 1 is 1.28 bits per heavy atom. The molecule has 18 heavy (non-hydrogen) atoms. The van der Waals surface area contributed by atoms with E-state index < -0.39 is 0 Å². The molecule has 0 aliphatic heterocycles. The van der Waals surface area contributed by atoms with Crippen molar-refractivity contribution < 1.29 is 10.2 Å². The van der Waals surface area contributed by atoms with E-state index in [1.165, 1.54) is 6.33 Å². The van der Waals surface area contributed by atoms with Crippen molar-refractivity contribution >= 4 is 17.0 Å². The summed E-state index contributed by atoms with van der Waals surface area (Å²) in [6, 6.07) is 0.117.